The van der Waals surface area contributed by atoms with Crippen LogP contribution in [0.5, 0.6) is 0 Å². The van der Waals surface area contributed by atoms with Crippen molar-refractivity contribution < 1.29 is 2.85 Å². The van der Waals surface area contributed by atoms with Gasteiger partial charge in [-0.05, 0) is 74.7 Å². The molecule has 0 amide bonds. The lowest BCUT2D eigenvalue weighted by Crippen LogP contribution is -2.24. The van der Waals surface area contributed by atoms with Crippen LogP contribution in [-0.4, -0.2) is 0 Å². The third kappa shape index (κ3) is 3.27. The molecule has 0 bridgehead atoms. The predicted molar refractivity (Wildman–Crippen MR) is 91.2 cm³/mol. The van der Waals surface area contributed by atoms with Crippen LogP contribution in [0.1, 0.15) is 78.2 Å². The van der Waals surface area contributed by atoms with Crippen molar-refractivity contribution in [1.29, 1.82) is 0 Å². The molecule has 1 aromatic rings. The summed E-state index contributed by atoms with van der Waals surface area (Å²) in [6, 6.07) is 9.29. The van der Waals surface area contributed by atoms with Crippen molar-refractivity contribution in [3.8, 4) is 0 Å². The van der Waals surface area contributed by atoms with Gasteiger partial charge in [-0.2, -0.15) is 0 Å². The molecule has 1 aromatic carbocycles. The number of hydrogen-bond donors (Lipinski definition) is 0. The zero-order chi connectivity index (χ0) is 13.9. The van der Waals surface area contributed by atoms with Crippen molar-refractivity contribution in [2.24, 2.45) is 17.8 Å². The first kappa shape index (κ1) is 14.2. The number of hydrogen-bond acceptors (Lipinski definition) is 0. The van der Waals surface area contributed by atoms with E-state index in [4.69, 9.17) is 0 Å². The van der Waals surface area contributed by atoms with Crippen LogP contribution in [0.15, 0.2) is 24.3 Å². The molecule has 3 rings (SSSR count). The lowest BCUT2D eigenvalue weighted by atomic mass is 9.68. The van der Waals surface area contributed by atoms with Crippen molar-refractivity contribution in [2.75, 3.05) is 0 Å². The Morgan fingerprint density at radius 3 is 1.80 bits per heavy atom. The third-order valence-electron chi connectivity index (χ3n) is 6.05. The first-order valence-electron chi connectivity index (χ1n) is 8.79. The fraction of sp³-hybridized carbons (Fsp3) is 0.700. The zero-order valence-electron chi connectivity index (χ0n) is 13.3. The second-order valence-corrected chi connectivity index (χ2v) is 7.54. The molecule has 0 unspecified atom stereocenters. The maximum atomic E-state index is 2.44. The van der Waals surface area contributed by atoms with Crippen LogP contribution in [0.2, 0.25) is 0 Å². The van der Waals surface area contributed by atoms with E-state index in [0.717, 1.165) is 23.7 Å². The van der Waals surface area contributed by atoms with E-state index in [1.54, 1.807) is 5.56 Å². The SMILES string of the molecule is Cc1ccc(C2CCC(C3CCC(C)CC3)CC2)cc1.[HH].[HH]. The number of rotatable bonds is 2. The zero-order valence-corrected chi connectivity index (χ0v) is 13.3. The Labute approximate surface area is 127 Å². The molecule has 0 aliphatic heterocycles. The highest BCUT2D eigenvalue weighted by Gasteiger charge is 2.30. The van der Waals surface area contributed by atoms with Crippen LogP contribution < -0.4 is 0 Å². The third-order valence-corrected chi connectivity index (χ3v) is 6.05. The van der Waals surface area contributed by atoms with E-state index in [2.05, 4.69) is 38.1 Å². The Morgan fingerprint density at radius 2 is 1.25 bits per heavy atom. The molecular weight excluding hydrogens is 240 g/mol. The molecule has 0 heterocycles. The van der Waals surface area contributed by atoms with Gasteiger partial charge in [-0.15, -0.1) is 0 Å². The quantitative estimate of drug-likeness (QED) is 0.571. The Hall–Kier alpha value is -0.780. The van der Waals surface area contributed by atoms with Gasteiger partial charge in [0.1, 0.15) is 0 Å². The smallest absolute Gasteiger partial charge is 0 e. The van der Waals surface area contributed by atoms with Gasteiger partial charge in [-0.25, -0.2) is 0 Å². The van der Waals surface area contributed by atoms with E-state index in [9.17, 15) is 0 Å². The van der Waals surface area contributed by atoms with Crippen molar-refractivity contribution in [1.82, 2.24) is 0 Å². The van der Waals surface area contributed by atoms with Crippen LogP contribution in [0, 0.1) is 24.7 Å². The molecule has 0 atom stereocenters. The van der Waals surface area contributed by atoms with E-state index >= 15 is 0 Å². The van der Waals surface area contributed by atoms with E-state index in [1.807, 2.05) is 0 Å². The second kappa shape index (κ2) is 6.33. The van der Waals surface area contributed by atoms with Gasteiger partial charge >= 0.3 is 0 Å². The number of benzene rings is 1. The minimum absolute atomic E-state index is 0. The average molecular weight is 274 g/mol. The molecule has 114 valence electrons. The van der Waals surface area contributed by atoms with E-state index in [-0.39, 0.29) is 2.85 Å². The Bertz CT molecular complexity index is 410. The fourth-order valence-electron chi connectivity index (χ4n) is 4.52. The van der Waals surface area contributed by atoms with Crippen LogP contribution in [0.25, 0.3) is 0 Å². The van der Waals surface area contributed by atoms with Crippen molar-refractivity contribution in [2.45, 2.75) is 71.1 Å². The average Bonchev–Trinajstić information content (AvgIpc) is 2.49. The van der Waals surface area contributed by atoms with Gasteiger partial charge in [0.05, 0.1) is 0 Å². The maximum Gasteiger partial charge on any atom is 0 e. The summed E-state index contributed by atoms with van der Waals surface area (Å²) in [7, 11) is 0. The lowest BCUT2D eigenvalue weighted by molar-refractivity contribution is 0.165. The standard InChI is InChI=1S/C20H30.2H2/c1-15-3-7-17(8-4-15)19-11-13-20(14-12-19)18-9-5-16(2)6-10-18;;/h3-4,7-8,16,18-20H,5-6,9-14H2,1-2H3;2*1H. The minimum Gasteiger partial charge on any atom is -0.0625 e. The van der Waals surface area contributed by atoms with E-state index in [1.165, 1.54) is 56.9 Å². The molecule has 0 aromatic heterocycles. The highest BCUT2D eigenvalue weighted by atomic mass is 14.4. The van der Waals surface area contributed by atoms with Gasteiger partial charge in [-0.1, -0.05) is 49.6 Å². The van der Waals surface area contributed by atoms with Gasteiger partial charge < -0.3 is 0 Å². The largest absolute Gasteiger partial charge is 0.0625 e. The maximum absolute atomic E-state index is 2.44. The molecule has 0 spiro atoms. The topological polar surface area (TPSA) is 0 Å². The predicted octanol–water partition coefficient (Wildman–Crippen LogP) is 6.59. The van der Waals surface area contributed by atoms with Crippen molar-refractivity contribution >= 4 is 0 Å². The first-order chi connectivity index (χ1) is 9.72. The van der Waals surface area contributed by atoms with Crippen molar-refractivity contribution in [3.63, 3.8) is 0 Å². The summed E-state index contributed by atoms with van der Waals surface area (Å²) in [5.74, 6) is 3.94. The minimum atomic E-state index is 0. The van der Waals surface area contributed by atoms with Gasteiger partial charge in [0.2, 0.25) is 0 Å². The summed E-state index contributed by atoms with van der Waals surface area (Å²) < 4.78 is 0. The van der Waals surface area contributed by atoms with E-state index < -0.39 is 0 Å². The van der Waals surface area contributed by atoms with Crippen LogP contribution in [0.3, 0.4) is 0 Å². The molecule has 0 saturated heterocycles. The Balaban J connectivity index is 0.00000121. The van der Waals surface area contributed by atoms with E-state index in [0.29, 0.717) is 0 Å². The van der Waals surface area contributed by atoms with Crippen LogP contribution in [-0.2, 0) is 0 Å². The van der Waals surface area contributed by atoms with Crippen LogP contribution in [0.4, 0.5) is 0 Å². The molecule has 2 saturated carbocycles. The normalized spacial score (nSPS) is 34.9. The molecule has 0 nitrogen and oxygen atoms in total. The number of aryl methyl sites for hydroxylation is 1. The second-order valence-electron chi connectivity index (χ2n) is 7.54. The summed E-state index contributed by atoms with van der Waals surface area (Å²) in [6.45, 7) is 4.62. The molecule has 2 aliphatic rings. The summed E-state index contributed by atoms with van der Waals surface area (Å²) in [5, 5.41) is 0. The monoisotopic (exact) mass is 274 g/mol. The molecular formula is C20H34. The van der Waals surface area contributed by atoms with Crippen LogP contribution >= 0.6 is 0 Å². The Kier molecular flexibility index (Phi) is 4.48. The molecule has 2 aliphatic carbocycles. The fourth-order valence-corrected chi connectivity index (χ4v) is 4.52. The molecule has 0 heteroatoms. The summed E-state index contributed by atoms with van der Waals surface area (Å²) in [5.41, 5.74) is 2.98. The Morgan fingerprint density at radius 1 is 0.750 bits per heavy atom. The first-order valence-corrected chi connectivity index (χ1v) is 8.79. The van der Waals surface area contributed by atoms with Crippen molar-refractivity contribution in [3.05, 3.63) is 35.4 Å². The highest BCUT2D eigenvalue weighted by Crippen LogP contribution is 2.43. The summed E-state index contributed by atoms with van der Waals surface area (Å²) in [4.78, 5) is 0. The molecule has 0 N–H and O–H groups in total. The summed E-state index contributed by atoms with van der Waals surface area (Å²) in [6.07, 6.45) is 11.8. The lowest BCUT2D eigenvalue weighted by Gasteiger charge is -2.37. The van der Waals surface area contributed by atoms with Gasteiger partial charge in [-0.3, -0.25) is 0 Å². The molecule has 0 radical (unpaired) electrons. The van der Waals surface area contributed by atoms with Gasteiger partial charge in [0.25, 0.3) is 0 Å². The van der Waals surface area contributed by atoms with Gasteiger partial charge in [0.15, 0.2) is 0 Å². The summed E-state index contributed by atoms with van der Waals surface area (Å²) >= 11 is 0. The molecule has 2 fully saturated rings. The van der Waals surface area contributed by atoms with Gasteiger partial charge in [0, 0.05) is 2.85 Å². The molecule has 20 heavy (non-hydrogen) atoms. The highest BCUT2D eigenvalue weighted by molar-refractivity contribution is 5.24.